The zero-order valence-electron chi connectivity index (χ0n) is 14.2. The molecule has 1 fully saturated rings. The summed E-state index contributed by atoms with van der Waals surface area (Å²) in [5, 5.41) is 3.21. The zero-order valence-corrected chi connectivity index (χ0v) is 14.9. The molecule has 1 aromatic rings. The molecule has 0 aromatic heterocycles. The van der Waals surface area contributed by atoms with E-state index in [-0.39, 0.29) is 13.2 Å². The summed E-state index contributed by atoms with van der Waals surface area (Å²) in [6.07, 6.45) is 0.687. The summed E-state index contributed by atoms with van der Waals surface area (Å²) in [4.78, 5) is 38.3. The molecular weight excluding hydrogens is 348 g/mol. The number of halogens is 1. The van der Waals surface area contributed by atoms with Gasteiger partial charge in [-0.05, 0) is 51.0 Å². The molecule has 1 N–H and O–H groups in total. The first-order valence-electron chi connectivity index (χ1n) is 8.16. The van der Waals surface area contributed by atoms with E-state index < -0.39 is 30.1 Å². The van der Waals surface area contributed by atoms with Crippen molar-refractivity contribution in [2.75, 3.05) is 18.5 Å². The molecule has 1 aromatic carbocycles. The van der Waals surface area contributed by atoms with Crippen molar-refractivity contribution in [1.82, 2.24) is 4.90 Å². The second kappa shape index (κ2) is 8.71. The minimum absolute atomic E-state index is 0.200. The van der Waals surface area contributed by atoms with Crippen molar-refractivity contribution in [3.63, 3.8) is 0 Å². The van der Waals surface area contributed by atoms with Gasteiger partial charge in [-0.3, -0.25) is 4.90 Å². The molecule has 136 valence electrons. The average Bonchev–Trinajstić information content (AvgIpc) is 3.02. The smallest absolute Gasteiger partial charge is 0.328 e. The number of nitrogens with one attached hydrogen (secondary N) is 1. The number of hydrogen-bond acceptors (Lipinski definition) is 5. The van der Waals surface area contributed by atoms with E-state index in [1.54, 1.807) is 38.1 Å². The first-order valence-corrected chi connectivity index (χ1v) is 8.53. The molecule has 0 unspecified atom stereocenters. The van der Waals surface area contributed by atoms with Gasteiger partial charge in [-0.15, -0.1) is 0 Å². The van der Waals surface area contributed by atoms with Crippen LogP contribution in [0.1, 0.15) is 26.7 Å². The molecule has 0 bridgehead atoms. The number of ether oxygens (including phenoxy) is 2. The van der Waals surface area contributed by atoms with Crippen LogP contribution >= 0.6 is 11.6 Å². The Morgan fingerprint density at radius 2 is 1.52 bits per heavy atom. The molecule has 1 aliphatic heterocycles. The molecule has 8 heteroatoms. The van der Waals surface area contributed by atoms with Gasteiger partial charge in [0.15, 0.2) is 0 Å². The summed E-state index contributed by atoms with van der Waals surface area (Å²) < 4.78 is 10.1. The zero-order chi connectivity index (χ0) is 18.4. The van der Waals surface area contributed by atoms with Crippen LogP contribution < -0.4 is 5.32 Å². The topological polar surface area (TPSA) is 84.9 Å². The number of urea groups is 1. The Bertz CT molecular complexity index is 608. The highest BCUT2D eigenvalue weighted by atomic mass is 35.5. The maximum Gasteiger partial charge on any atom is 0.328 e. The van der Waals surface area contributed by atoms with E-state index in [1.165, 1.54) is 4.90 Å². The lowest BCUT2D eigenvalue weighted by Gasteiger charge is -2.28. The summed E-state index contributed by atoms with van der Waals surface area (Å²) in [5.74, 6) is -1.05. The fourth-order valence-electron chi connectivity index (χ4n) is 2.76. The minimum Gasteiger partial charge on any atom is -0.464 e. The molecule has 7 nitrogen and oxygen atoms in total. The highest BCUT2D eigenvalue weighted by Gasteiger charge is 2.45. The molecule has 0 aliphatic carbocycles. The van der Waals surface area contributed by atoms with Crippen LogP contribution in [-0.4, -0.2) is 48.2 Å². The molecular formula is C17H21ClN2O5. The van der Waals surface area contributed by atoms with Crippen molar-refractivity contribution in [1.29, 1.82) is 0 Å². The Morgan fingerprint density at radius 1 is 1.04 bits per heavy atom. The number of nitrogens with zero attached hydrogens (tertiary/aromatic N) is 1. The van der Waals surface area contributed by atoms with Crippen molar-refractivity contribution in [2.45, 2.75) is 38.8 Å². The molecule has 2 amide bonds. The minimum atomic E-state index is -0.818. The SMILES string of the molecule is CCOC(=O)[C@H]1CC[C@H](C(=O)OCC)N1C(=O)Nc1ccc(Cl)cc1. The molecule has 1 heterocycles. The van der Waals surface area contributed by atoms with Crippen LogP contribution in [0.15, 0.2) is 24.3 Å². The second-order valence-corrected chi connectivity index (χ2v) is 5.89. The summed E-state index contributed by atoms with van der Waals surface area (Å²) >= 11 is 5.83. The monoisotopic (exact) mass is 368 g/mol. The third-order valence-corrected chi connectivity index (χ3v) is 4.08. The van der Waals surface area contributed by atoms with Gasteiger partial charge in [-0.25, -0.2) is 14.4 Å². The van der Waals surface area contributed by atoms with Gasteiger partial charge in [0.05, 0.1) is 13.2 Å². The van der Waals surface area contributed by atoms with Crippen LogP contribution in [0, 0.1) is 0 Å². The van der Waals surface area contributed by atoms with E-state index in [0.29, 0.717) is 23.6 Å². The number of likely N-dealkylation sites (tertiary alicyclic amines) is 1. The third-order valence-electron chi connectivity index (χ3n) is 3.83. The number of carbonyl (C=O) groups excluding carboxylic acids is 3. The standard InChI is InChI=1S/C17H21ClN2O5/c1-3-24-15(21)13-9-10-14(16(22)25-4-2)20(13)17(23)19-12-7-5-11(18)6-8-12/h5-8,13-14H,3-4,9-10H2,1-2H3,(H,19,23)/t13-,14-/m1/s1. The van der Waals surface area contributed by atoms with Crippen molar-refractivity contribution in [3.05, 3.63) is 29.3 Å². The van der Waals surface area contributed by atoms with E-state index in [1.807, 2.05) is 0 Å². The molecule has 0 spiro atoms. The summed E-state index contributed by atoms with van der Waals surface area (Å²) in [6, 6.07) is 4.34. The van der Waals surface area contributed by atoms with Gasteiger partial charge in [0, 0.05) is 10.7 Å². The number of rotatable bonds is 5. The molecule has 2 rings (SSSR count). The van der Waals surface area contributed by atoms with Crippen molar-refractivity contribution >= 4 is 35.3 Å². The quantitative estimate of drug-likeness (QED) is 0.808. The average molecular weight is 369 g/mol. The van der Waals surface area contributed by atoms with Gasteiger partial charge < -0.3 is 14.8 Å². The molecule has 0 radical (unpaired) electrons. The normalized spacial score (nSPS) is 19.4. The molecule has 0 saturated carbocycles. The largest absolute Gasteiger partial charge is 0.464 e. The van der Waals surface area contributed by atoms with Crippen LogP contribution in [0.5, 0.6) is 0 Å². The Labute approximate surface area is 151 Å². The predicted molar refractivity (Wildman–Crippen MR) is 92.4 cm³/mol. The van der Waals surface area contributed by atoms with Crippen LogP contribution in [0.2, 0.25) is 5.02 Å². The Balaban J connectivity index is 2.20. The van der Waals surface area contributed by atoms with Crippen molar-refractivity contribution in [3.8, 4) is 0 Å². The highest BCUT2D eigenvalue weighted by molar-refractivity contribution is 6.30. The van der Waals surface area contributed by atoms with E-state index in [2.05, 4.69) is 5.32 Å². The number of amides is 2. The Hall–Kier alpha value is -2.28. The Kier molecular flexibility index (Phi) is 6.64. The summed E-state index contributed by atoms with van der Waals surface area (Å²) in [6.45, 7) is 3.78. The van der Waals surface area contributed by atoms with E-state index in [4.69, 9.17) is 21.1 Å². The molecule has 1 saturated heterocycles. The first kappa shape index (κ1) is 19.1. The maximum atomic E-state index is 12.7. The first-order chi connectivity index (χ1) is 12.0. The second-order valence-electron chi connectivity index (χ2n) is 5.46. The van der Waals surface area contributed by atoms with Crippen molar-refractivity contribution < 1.29 is 23.9 Å². The van der Waals surface area contributed by atoms with Gasteiger partial charge in [-0.2, -0.15) is 0 Å². The summed E-state index contributed by atoms with van der Waals surface area (Å²) in [5.41, 5.74) is 0.506. The van der Waals surface area contributed by atoms with Crippen LogP contribution in [-0.2, 0) is 19.1 Å². The van der Waals surface area contributed by atoms with Crippen molar-refractivity contribution in [2.24, 2.45) is 0 Å². The van der Waals surface area contributed by atoms with E-state index >= 15 is 0 Å². The summed E-state index contributed by atoms with van der Waals surface area (Å²) in [7, 11) is 0. The van der Waals surface area contributed by atoms with Crippen LogP contribution in [0.4, 0.5) is 10.5 Å². The van der Waals surface area contributed by atoms with E-state index in [9.17, 15) is 14.4 Å². The molecule has 1 aliphatic rings. The number of hydrogen-bond donors (Lipinski definition) is 1. The van der Waals surface area contributed by atoms with Gasteiger partial charge in [0.2, 0.25) is 0 Å². The highest BCUT2D eigenvalue weighted by Crippen LogP contribution is 2.27. The van der Waals surface area contributed by atoms with Crippen LogP contribution in [0.25, 0.3) is 0 Å². The number of benzene rings is 1. The van der Waals surface area contributed by atoms with Crippen LogP contribution in [0.3, 0.4) is 0 Å². The number of esters is 2. The van der Waals surface area contributed by atoms with Gasteiger partial charge in [0.25, 0.3) is 0 Å². The predicted octanol–water partition coefficient (Wildman–Crippen LogP) is 2.83. The number of carbonyl (C=O) groups is 3. The third kappa shape index (κ3) is 4.63. The van der Waals surface area contributed by atoms with E-state index in [0.717, 1.165) is 0 Å². The van der Waals surface area contributed by atoms with Gasteiger partial charge in [-0.1, -0.05) is 11.6 Å². The van der Waals surface area contributed by atoms with Gasteiger partial charge in [0.1, 0.15) is 12.1 Å². The fraction of sp³-hybridized carbons (Fsp3) is 0.471. The lowest BCUT2D eigenvalue weighted by atomic mass is 10.2. The maximum absolute atomic E-state index is 12.7. The molecule has 2 atom stereocenters. The lowest BCUT2D eigenvalue weighted by molar-refractivity contribution is -0.151. The lowest BCUT2D eigenvalue weighted by Crippen LogP contribution is -2.50. The Morgan fingerprint density at radius 3 is 1.96 bits per heavy atom. The number of anilines is 1. The van der Waals surface area contributed by atoms with Gasteiger partial charge >= 0.3 is 18.0 Å². The fourth-order valence-corrected chi connectivity index (χ4v) is 2.88. The molecule has 25 heavy (non-hydrogen) atoms.